The molecule has 0 spiro atoms. The van der Waals surface area contributed by atoms with E-state index < -0.39 is 0 Å². The Bertz CT molecular complexity index is 598. The second-order valence-electron chi connectivity index (χ2n) is 4.93. The van der Waals surface area contributed by atoms with E-state index in [9.17, 15) is 4.79 Å². The van der Waals surface area contributed by atoms with E-state index in [2.05, 4.69) is 10.3 Å². The molecule has 1 N–H and O–H groups in total. The molecule has 0 atom stereocenters. The van der Waals surface area contributed by atoms with Crippen LogP contribution >= 0.6 is 0 Å². The van der Waals surface area contributed by atoms with Crippen LogP contribution in [0.4, 0.5) is 5.69 Å². The molecule has 20 heavy (non-hydrogen) atoms. The van der Waals surface area contributed by atoms with Crippen LogP contribution in [-0.2, 0) is 17.8 Å². The van der Waals surface area contributed by atoms with Gasteiger partial charge < -0.3 is 10.2 Å². The van der Waals surface area contributed by atoms with Crippen molar-refractivity contribution in [3.8, 4) is 0 Å². The fraction of sp³-hybridized carbons (Fsp3) is 0.250. The maximum Gasteiger partial charge on any atom is 0.227 e. The monoisotopic (exact) mass is 267 g/mol. The quantitative estimate of drug-likeness (QED) is 0.906. The number of para-hydroxylation sites is 1. The van der Waals surface area contributed by atoms with E-state index in [0.717, 1.165) is 29.9 Å². The average Bonchev–Trinajstić information content (AvgIpc) is 2.47. The summed E-state index contributed by atoms with van der Waals surface area (Å²) in [5.41, 5.74) is 3.25. The van der Waals surface area contributed by atoms with Gasteiger partial charge in [-0.05, 0) is 29.3 Å². The van der Waals surface area contributed by atoms with Crippen LogP contribution in [0, 0.1) is 0 Å². The Morgan fingerprint density at radius 1 is 1.15 bits per heavy atom. The summed E-state index contributed by atoms with van der Waals surface area (Å²) in [6.45, 7) is 2.13. The number of anilines is 1. The normalized spacial score (nSPS) is 15.0. The summed E-state index contributed by atoms with van der Waals surface area (Å²) in [5, 5.41) is 3.40. The summed E-state index contributed by atoms with van der Waals surface area (Å²) in [7, 11) is 0. The van der Waals surface area contributed by atoms with Gasteiger partial charge in [0.15, 0.2) is 0 Å². The van der Waals surface area contributed by atoms with E-state index in [0.29, 0.717) is 13.0 Å². The van der Waals surface area contributed by atoms with Crippen LogP contribution < -0.4 is 5.32 Å². The van der Waals surface area contributed by atoms with E-state index >= 15 is 0 Å². The molecule has 0 unspecified atom stereocenters. The lowest BCUT2D eigenvalue weighted by molar-refractivity contribution is -0.131. The van der Waals surface area contributed by atoms with Crippen molar-refractivity contribution in [2.45, 2.75) is 13.0 Å². The Morgan fingerprint density at radius 2 is 1.95 bits per heavy atom. The van der Waals surface area contributed by atoms with Gasteiger partial charge in [-0.1, -0.05) is 18.2 Å². The zero-order valence-corrected chi connectivity index (χ0v) is 11.2. The van der Waals surface area contributed by atoms with Crippen molar-refractivity contribution in [3.63, 3.8) is 0 Å². The van der Waals surface area contributed by atoms with E-state index in [1.807, 2.05) is 41.3 Å². The molecule has 0 radical (unpaired) electrons. The molecule has 1 amide bonds. The van der Waals surface area contributed by atoms with Crippen molar-refractivity contribution < 1.29 is 4.79 Å². The summed E-state index contributed by atoms with van der Waals surface area (Å²) in [6.07, 6.45) is 3.98. The molecule has 0 bridgehead atoms. The first-order valence-electron chi connectivity index (χ1n) is 6.81. The van der Waals surface area contributed by atoms with Gasteiger partial charge in [0, 0.05) is 37.7 Å². The molecule has 3 rings (SSSR count). The van der Waals surface area contributed by atoms with Crippen LogP contribution in [0.3, 0.4) is 0 Å². The number of carbonyl (C=O) groups excluding carboxylic acids is 1. The van der Waals surface area contributed by atoms with Crippen molar-refractivity contribution in [3.05, 3.63) is 59.9 Å². The Balaban J connectivity index is 1.77. The predicted octanol–water partition coefficient (Wildman–Crippen LogP) is 2.08. The fourth-order valence-corrected chi connectivity index (χ4v) is 2.45. The lowest BCUT2D eigenvalue weighted by Crippen LogP contribution is -2.37. The first-order valence-corrected chi connectivity index (χ1v) is 6.81. The van der Waals surface area contributed by atoms with Crippen molar-refractivity contribution >= 4 is 11.6 Å². The third kappa shape index (κ3) is 2.79. The van der Waals surface area contributed by atoms with Gasteiger partial charge >= 0.3 is 0 Å². The van der Waals surface area contributed by atoms with Crippen LogP contribution in [0.2, 0.25) is 0 Å². The van der Waals surface area contributed by atoms with E-state index in [-0.39, 0.29) is 5.91 Å². The topological polar surface area (TPSA) is 45.2 Å². The molecular weight excluding hydrogens is 250 g/mol. The van der Waals surface area contributed by atoms with Crippen molar-refractivity contribution in [1.82, 2.24) is 9.88 Å². The maximum absolute atomic E-state index is 12.4. The van der Waals surface area contributed by atoms with Gasteiger partial charge in [0.2, 0.25) is 5.91 Å². The lowest BCUT2D eigenvalue weighted by atomic mass is 10.1. The van der Waals surface area contributed by atoms with Gasteiger partial charge in [0.1, 0.15) is 0 Å². The highest BCUT2D eigenvalue weighted by atomic mass is 16.2. The van der Waals surface area contributed by atoms with Crippen LogP contribution in [0.15, 0.2) is 48.8 Å². The Hall–Kier alpha value is -2.36. The van der Waals surface area contributed by atoms with Crippen LogP contribution in [-0.4, -0.2) is 28.9 Å². The molecular formula is C16H17N3O. The van der Waals surface area contributed by atoms with Crippen LogP contribution in [0.1, 0.15) is 11.1 Å². The van der Waals surface area contributed by atoms with Crippen molar-refractivity contribution in [2.75, 3.05) is 18.4 Å². The van der Waals surface area contributed by atoms with Gasteiger partial charge in [0.25, 0.3) is 0 Å². The minimum Gasteiger partial charge on any atom is -0.383 e. The number of hydrogen-bond donors (Lipinski definition) is 1. The highest BCUT2D eigenvalue weighted by Gasteiger charge is 2.18. The molecule has 0 saturated carbocycles. The van der Waals surface area contributed by atoms with Crippen molar-refractivity contribution in [1.29, 1.82) is 0 Å². The third-order valence-corrected chi connectivity index (χ3v) is 3.53. The Morgan fingerprint density at radius 3 is 2.80 bits per heavy atom. The highest BCUT2D eigenvalue weighted by Crippen LogP contribution is 2.19. The first-order chi connectivity index (χ1) is 9.83. The summed E-state index contributed by atoms with van der Waals surface area (Å²) >= 11 is 0. The molecule has 4 nitrogen and oxygen atoms in total. The lowest BCUT2D eigenvalue weighted by Gasteiger charge is -2.26. The van der Waals surface area contributed by atoms with Gasteiger partial charge in [-0.2, -0.15) is 0 Å². The van der Waals surface area contributed by atoms with Gasteiger partial charge in [-0.25, -0.2) is 0 Å². The highest BCUT2D eigenvalue weighted by molar-refractivity contribution is 5.81. The summed E-state index contributed by atoms with van der Waals surface area (Å²) in [6, 6.07) is 11.9. The fourth-order valence-electron chi connectivity index (χ4n) is 2.45. The third-order valence-electron chi connectivity index (χ3n) is 3.53. The standard InChI is InChI=1S/C16H17N3O/c20-16-11-14-3-1-2-4-15(14)18-9-10-19(16)12-13-5-7-17-8-6-13/h1-8,18H,9-12H2. The minimum absolute atomic E-state index is 0.177. The molecule has 2 aromatic rings. The second kappa shape index (κ2) is 5.74. The second-order valence-corrected chi connectivity index (χ2v) is 4.93. The molecule has 102 valence electrons. The molecule has 1 aliphatic rings. The first kappa shape index (κ1) is 12.7. The smallest absolute Gasteiger partial charge is 0.227 e. The summed E-state index contributed by atoms with van der Waals surface area (Å²) in [4.78, 5) is 18.3. The predicted molar refractivity (Wildman–Crippen MR) is 78.3 cm³/mol. The number of carbonyl (C=O) groups is 1. The van der Waals surface area contributed by atoms with E-state index in [4.69, 9.17) is 0 Å². The number of pyridine rings is 1. The summed E-state index contributed by atoms with van der Waals surface area (Å²) < 4.78 is 0. The number of nitrogens with one attached hydrogen (secondary N) is 1. The number of hydrogen-bond acceptors (Lipinski definition) is 3. The van der Waals surface area contributed by atoms with E-state index in [1.165, 1.54) is 0 Å². The number of fused-ring (bicyclic) bond motifs is 1. The average molecular weight is 267 g/mol. The van der Waals surface area contributed by atoms with Crippen LogP contribution in [0.25, 0.3) is 0 Å². The molecule has 2 heterocycles. The number of benzene rings is 1. The zero-order valence-electron chi connectivity index (χ0n) is 11.2. The van der Waals surface area contributed by atoms with Gasteiger partial charge in [-0.15, -0.1) is 0 Å². The van der Waals surface area contributed by atoms with Gasteiger partial charge in [-0.3, -0.25) is 9.78 Å². The number of amides is 1. The number of nitrogens with zero attached hydrogens (tertiary/aromatic N) is 2. The molecule has 0 saturated heterocycles. The molecule has 1 aliphatic heterocycles. The molecule has 0 fully saturated rings. The molecule has 0 aliphatic carbocycles. The maximum atomic E-state index is 12.4. The van der Waals surface area contributed by atoms with Crippen molar-refractivity contribution in [2.24, 2.45) is 0 Å². The molecule has 1 aromatic carbocycles. The molecule has 1 aromatic heterocycles. The molecule has 4 heteroatoms. The largest absolute Gasteiger partial charge is 0.383 e. The number of rotatable bonds is 2. The Labute approximate surface area is 118 Å². The number of aromatic nitrogens is 1. The van der Waals surface area contributed by atoms with E-state index in [1.54, 1.807) is 12.4 Å². The van der Waals surface area contributed by atoms with Gasteiger partial charge in [0.05, 0.1) is 6.42 Å². The minimum atomic E-state index is 0.177. The van der Waals surface area contributed by atoms with Crippen LogP contribution in [0.5, 0.6) is 0 Å². The summed E-state index contributed by atoms with van der Waals surface area (Å²) in [5.74, 6) is 0.177. The SMILES string of the molecule is O=C1Cc2ccccc2NCCN1Cc1ccncc1. The zero-order chi connectivity index (χ0) is 13.8. The Kier molecular flexibility index (Phi) is 3.63.